The smallest absolute Gasteiger partial charge is 0.317 e. The summed E-state index contributed by atoms with van der Waals surface area (Å²) in [7, 11) is 0. The Balaban J connectivity index is 1.69. The van der Waals surface area contributed by atoms with Crippen LogP contribution in [0.5, 0.6) is 0 Å². The number of rotatable bonds is 9. The molecular weight excluding hydrogens is 280 g/mol. The molecule has 0 radical (unpaired) electrons. The summed E-state index contributed by atoms with van der Waals surface area (Å²) in [5.74, 6) is -0.141. The summed E-state index contributed by atoms with van der Waals surface area (Å²) < 4.78 is 2.00. The van der Waals surface area contributed by atoms with E-state index >= 15 is 0 Å². The summed E-state index contributed by atoms with van der Waals surface area (Å²) in [6, 6.07) is 0.892. The minimum atomic E-state index is -0.740. The number of carboxylic acid groups (broad SMARTS) is 1. The van der Waals surface area contributed by atoms with Crippen LogP contribution in [0.25, 0.3) is 0 Å². The van der Waals surface area contributed by atoms with Crippen LogP contribution in [0.4, 0.5) is 0 Å². The summed E-state index contributed by atoms with van der Waals surface area (Å²) in [5.41, 5.74) is 1.21. The molecule has 0 aromatic carbocycles. The topological polar surface area (TPSA) is 70.4 Å². The summed E-state index contributed by atoms with van der Waals surface area (Å²) in [5, 5.41) is 16.8. The molecule has 0 unspecified atom stereocenters. The molecule has 6 heteroatoms. The van der Waals surface area contributed by atoms with E-state index in [-0.39, 0.29) is 6.54 Å². The summed E-state index contributed by atoms with van der Waals surface area (Å²) >= 11 is 0. The lowest BCUT2D eigenvalue weighted by atomic mass is 9.85. The highest BCUT2D eigenvalue weighted by molar-refractivity contribution is 5.69. The van der Waals surface area contributed by atoms with Crippen LogP contribution in [0.15, 0.2) is 12.4 Å². The van der Waals surface area contributed by atoms with Gasteiger partial charge in [0, 0.05) is 36.9 Å². The first-order valence-corrected chi connectivity index (χ1v) is 8.18. The largest absolute Gasteiger partial charge is 0.480 e. The predicted molar refractivity (Wildman–Crippen MR) is 85.6 cm³/mol. The number of nitrogens with one attached hydrogen (secondary N) is 1. The van der Waals surface area contributed by atoms with Gasteiger partial charge in [0.15, 0.2) is 0 Å². The number of carboxylic acids is 1. The second kappa shape index (κ2) is 7.74. The number of hydrogen-bond donors (Lipinski definition) is 2. The number of nitrogens with zero attached hydrogens (tertiary/aromatic N) is 3. The molecule has 0 aliphatic heterocycles. The zero-order valence-electron chi connectivity index (χ0n) is 13.8. The molecule has 1 aliphatic rings. The molecule has 2 rings (SSSR count). The first-order chi connectivity index (χ1) is 10.5. The van der Waals surface area contributed by atoms with Gasteiger partial charge in [-0.25, -0.2) is 0 Å². The normalized spacial score (nSPS) is 21.3. The van der Waals surface area contributed by atoms with E-state index in [1.807, 2.05) is 22.7 Å². The third-order valence-electron chi connectivity index (χ3n) is 4.21. The molecule has 1 fully saturated rings. The highest BCUT2D eigenvalue weighted by Crippen LogP contribution is 2.25. The third-order valence-corrected chi connectivity index (χ3v) is 4.21. The van der Waals surface area contributed by atoms with Crippen molar-refractivity contribution in [1.29, 1.82) is 0 Å². The van der Waals surface area contributed by atoms with Gasteiger partial charge in [-0.15, -0.1) is 0 Å². The summed E-state index contributed by atoms with van der Waals surface area (Å²) in [6.07, 6.45) is 6.09. The van der Waals surface area contributed by atoms with Gasteiger partial charge in [0.25, 0.3) is 0 Å². The van der Waals surface area contributed by atoms with Gasteiger partial charge >= 0.3 is 5.97 Å². The Bertz CT molecular complexity index is 480. The van der Waals surface area contributed by atoms with Gasteiger partial charge in [-0.05, 0) is 25.3 Å². The van der Waals surface area contributed by atoms with Crippen molar-refractivity contribution >= 4 is 5.97 Å². The highest BCUT2D eigenvalue weighted by atomic mass is 16.4. The zero-order valence-corrected chi connectivity index (χ0v) is 13.8. The molecule has 1 aliphatic carbocycles. The van der Waals surface area contributed by atoms with E-state index in [2.05, 4.69) is 30.5 Å². The average Bonchev–Trinajstić information content (AvgIpc) is 2.81. The third kappa shape index (κ3) is 4.81. The van der Waals surface area contributed by atoms with Gasteiger partial charge in [0.2, 0.25) is 0 Å². The molecule has 0 amide bonds. The first kappa shape index (κ1) is 17.0. The van der Waals surface area contributed by atoms with E-state index in [1.54, 1.807) is 0 Å². The predicted octanol–water partition coefficient (Wildman–Crippen LogP) is 1.57. The van der Waals surface area contributed by atoms with Crippen LogP contribution in [0, 0.1) is 5.92 Å². The molecule has 0 atom stereocenters. The Morgan fingerprint density at radius 2 is 2.27 bits per heavy atom. The van der Waals surface area contributed by atoms with Crippen molar-refractivity contribution in [3.8, 4) is 0 Å². The van der Waals surface area contributed by atoms with E-state index in [0.29, 0.717) is 18.0 Å². The Hall–Kier alpha value is -1.40. The molecule has 0 saturated heterocycles. The quantitative estimate of drug-likeness (QED) is 0.724. The second-order valence-electron chi connectivity index (χ2n) is 6.62. The molecule has 1 aromatic heterocycles. The number of aliphatic carboxylic acids is 1. The van der Waals surface area contributed by atoms with Crippen LogP contribution in [-0.4, -0.2) is 50.9 Å². The number of aromatic nitrogens is 2. The standard InChI is InChI=1S/C16H28N4O2/c1-4-19(11-16(21)22)15-5-14(6-15)17-7-13-8-18-20(10-13)9-12(2)3/h8,10,12,14-15,17H,4-7,9,11H2,1-3H3,(H,21,22). The van der Waals surface area contributed by atoms with Crippen LogP contribution < -0.4 is 5.32 Å². The van der Waals surface area contributed by atoms with Crippen LogP contribution in [0.3, 0.4) is 0 Å². The van der Waals surface area contributed by atoms with E-state index < -0.39 is 5.97 Å². The van der Waals surface area contributed by atoms with Crippen LogP contribution in [0.1, 0.15) is 39.2 Å². The average molecular weight is 308 g/mol. The van der Waals surface area contributed by atoms with E-state index in [1.165, 1.54) is 5.56 Å². The van der Waals surface area contributed by atoms with Crippen LogP contribution in [-0.2, 0) is 17.9 Å². The van der Waals surface area contributed by atoms with Crippen molar-refractivity contribution in [3.63, 3.8) is 0 Å². The Labute approximate surface area is 132 Å². The van der Waals surface area contributed by atoms with E-state index in [0.717, 1.165) is 32.5 Å². The van der Waals surface area contributed by atoms with Gasteiger partial charge in [-0.2, -0.15) is 5.10 Å². The lowest BCUT2D eigenvalue weighted by molar-refractivity contribution is -0.139. The Morgan fingerprint density at radius 1 is 1.55 bits per heavy atom. The van der Waals surface area contributed by atoms with Crippen LogP contribution in [0.2, 0.25) is 0 Å². The molecular formula is C16H28N4O2. The number of likely N-dealkylation sites (N-methyl/N-ethyl adjacent to an activating group) is 1. The highest BCUT2D eigenvalue weighted by Gasteiger charge is 2.33. The SMILES string of the molecule is CCN(CC(=O)O)C1CC(NCc2cnn(CC(C)C)c2)C1. The van der Waals surface area contributed by atoms with E-state index in [9.17, 15) is 4.79 Å². The lowest BCUT2D eigenvalue weighted by Crippen LogP contribution is -2.53. The van der Waals surface area contributed by atoms with Gasteiger partial charge < -0.3 is 10.4 Å². The van der Waals surface area contributed by atoms with Crippen molar-refractivity contribution in [1.82, 2.24) is 20.0 Å². The molecule has 2 N–H and O–H groups in total. The maximum Gasteiger partial charge on any atom is 0.317 e. The number of hydrogen-bond acceptors (Lipinski definition) is 4. The second-order valence-corrected chi connectivity index (χ2v) is 6.62. The molecule has 1 saturated carbocycles. The van der Waals surface area contributed by atoms with Crippen LogP contribution >= 0.6 is 0 Å². The van der Waals surface area contributed by atoms with Gasteiger partial charge in [0.05, 0.1) is 12.7 Å². The minimum Gasteiger partial charge on any atom is -0.480 e. The summed E-state index contributed by atoms with van der Waals surface area (Å²) in [4.78, 5) is 12.9. The molecule has 0 spiro atoms. The molecule has 1 heterocycles. The molecule has 124 valence electrons. The number of carbonyl (C=O) groups is 1. The molecule has 0 bridgehead atoms. The van der Waals surface area contributed by atoms with Crippen molar-refractivity contribution < 1.29 is 9.90 Å². The van der Waals surface area contributed by atoms with E-state index in [4.69, 9.17) is 5.11 Å². The monoisotopic (exact) mass is 308 g/mol. The minimum absolute atomic E-state index is 0.149. The Kier molecular flexibility index (Phi) is 5.97. The van der Waals surface area contributed by atoms with Gasteiger partial charge in [-0.1, -0.05) is 20.8 Å². The summed E-state index contributed by atoms with van der Waals surface area (Å²) in [6.45, 7) is 9.12. The van der Waals surface area contributed by atoms with Crippen molar-refractivity contribution in [2.75, 3.05) is 13.1 Å². The maximum absolute atomic E-state index is 10.8. The Morgan fingerprint density at radius 3 is 2.86 bits per heavy atom. The van der Waals surface area contributed by atoms with Crippen molar-refractivity contribution in [2.45, 2.75) is 58.8 Å². The molecule has 1 aromatic rings. The lowest BCUT2D eigenvalue weighted by Gasteiger charge is -2.42. The zero-order chi connectivity index (χ0) is 16.1. The fourth-order valence-electron chi connectivity index (χ4n) is 2.96. The van der Waals surface area contributed by atoms with Gasteiger partial charge in [0.1, 0.15) is 0 Å². The maximum atomic E-state index is 10.8. The van der Waals surface area contributed by atoms with Gasteiger partial charge in [-0.3, -0.25) is 14.4 Å². The fraction of sp³-hybridized carbons (Fsp3) is 0.750. The fourth-order valence-corrected chi connectivity index (χ4v) is 2.96. The first-order valence-electron chi connectivity index (χ1n) is 8.18. The van der Waals surface area contributed by atoms with Crippen molar-refractivity contribution in [2.24, 2.45) is 5.92 Å². The molecule has 6 nitrogen and oxygen atoms in total. The molecule has 22 heavy (non-hydrogen) atoms. The van der Waals surface area contributed by atoms with Crippen molar-refractivity contribution in [3.05, 3.63) is 18.0 Å².